The lowest BCUT2D eigenvalue weighted by atomic mass is 10.0. The molecule has 0 aliphatic heterocycles. The van der Waals surface area contributed by atoms with Crippen LogP contribution in [0.4, 0.5) is 22.0 Å². The fraction of sp³-hybridized carbons (Fsp3) is 1.00. The Balaban J connectivity index is 4.14. The minimum absolute atomic E-state index is 0.218. The molecule has 0 aliphatic carbocycles. The molecule has 0 atom stereocenters. The quantitative estimate of drug-likeness (QED) is 0.529. The topological polar surface area (TPSA) is 49.7 Å². The predicted molar refractivity (Wildman–Crippen MR) is 53.4 cm³/mol. The first-order chi connectivity index (χ1) is 8.14. The summed E-state index contributed by atoms with van der Waals surface area (Å²) in [5, 5.41) is 17.9. The third-order valence-electron chi connectivity index (χ3n) is 2.68. The first-order valence-corrected chi connectivity index (χ1v) is 5.44. The van der Waals surface area contributed by atoms with Crippen molar-refractivity contribution in [1.82, 2.24) is 0 Å². The van der Waals surface area contributed by atoms with E-state index in [-0.39, 0.29) is 13.0 Å². The summed E-state index contributed by atoms with van der Waals surface area (Å²) in [6.07, 6.45) is -7.25. The minimum Gasteiger partial charge on any atom is -0.393 e. The zero-order chi connectivity index (χ0) is 14.4. The molecule has 0 fully saturated rings. The van der Waals surface area contributed by atoms with Crippen LogP contribution in [-0.2, 0) is 4.74 Å². The number of hydrogen-bond donors (Lipinski definition) is 2. The number of rotatable bonds is 8. The van der Waals surface area contributed by atoms with Gasteiger partial charge in [-0.05, 0) is 12.8 Å². The van der Waals surface area contributed by atoms with Gasteiger partial charge in [-0.2, -0.15) is 22.0 Å². The van der Waals surface area contributed by atoms with Gasteiger partial charge in [-0.25, -0.2) is 0 Å². The highest BCUT2D eigenvalue weighted by atomic mass is 19.4. The molecule has 0 spiro atoms. The number of aliphatic hydroxyl groups excluding tert-OH is 2. The summed E-state index contributed by atoms with van der Waals surface area (Å²) in [5.41, 5.74) is -1.28. The third-order valence-corrected chi connectivity index (χ3v) is 2.68. The zero-order valence-electron chi connectivity index (χ0n) is 9.94. The first-order valence-electron chi connectivity index (χ1n) is 5.44. The van der Waals surface area contributed by atoms with Gasteiger partial charge in [0.15, 0.2) is 0 Å². The van der Waals surface area contributed by atoms with Gasteiger partial charge in [-0.3, -0.25) is 0 Å². The summed E-state index contributed by atoms with van der Waals surface area (Å²) in [6.45, 7) is 0.142. The molecular weight excluding hydrogens is 263 g/mol. The van der Waals surface area contributed by atoms with E-state index in [4.69, 9.17) is 14.9 Å². The van der Waals surface area contributed by atoms with Crippen molar-refractivity contribution in [2.75, 3.05) is 19.8 Å². The maximum absolute atomic E-state index is 12.5. The van der Waals surface area contributed by atoms with Gasteiger partial charge < -0.3 is 14.9 Å². The van der Waals surface area contributed by atoms with Crippen LogP contribution in [0.2, 0.25) is 0 Å². The summed E-state index contributed by atoms with van der Waals surface area (Å²) in [6, 6.07) is 0. The molecule has 0 aliphatic rings. The lowest BCUT2D eigenvalue weighted by Crippen LogP contribution is -2.41. The van der Waals surface area contributed by atoms with E-state index in [1.165, 1.54) is 0 Å². The molecular formula is C10H17F5O3. The van der Waals surface area contributed by atoms with Crippen molar-refractivity contribution >= 4 is 0 Å². The molecule has 0 radical (unpaired) electrons. The van der Waals surface area contributed by atoms with Crippen LogP contribution < -0.4 is 0 Å². The maximum atomic E-state index is 12.5. The summed E-state index contributed by atoms with van der Waals surface area (Å²) >= 11 is 0. The van der Waals surface area contributed by atoms with Gasteiger partial charge in [0.05, 0.1) is 13.2 Å². The molecule has 18 heavy (non-hydrogen) atoms. The van der Waals surface area contributed by atoms with Crippen molar-refractivity contribution in [3.63, 3.8) is 0 Å². The normalized spacial score (nSPS) is 14.0. The second-order valence-corrected chi connectivity index (χ2v) is 4.01. The van der Waals surface area contributed by atoms with Crippen LogP contribution in [0.3, 0.4) is 0 Å². The number of halogens is 5. The van der Waals surface area contributed by atoms with Crippen LogP contribution >= 0.6 is 0 Å². The Labute approximate surface area is 102 Å². The molecule has 3 nitrogen and oxygen atoms in total. The van der Waals surface area contributed by atoms with Crippen molar-refractivity contribution in [3.05, 3.63) is 0 Å². The third kappa shape index (κ3) is 4.66. The van der Waals surface area contributed by atoms with Crippen molar-refractivity contribution in [2.24, 2.45) is 0 Å². The molecule has 110 valence electrons. The number of hydrogen-bond acceptors (Lipinski definition) is 3. The van der Waals surface area contributed by atoms with Gasteiger partial charge in [0.1, 0.15) is 5.60 Å². The Hall–Kier alpha value is -0.470. The molecule has 0 aromatic heterocycles. The van der Waals surface area contributed by atoms with Crippen LogP contribution in [0.25, 0.3) is 0 Å². The van der Waals surface area contributed by atoms with E-state index in [2.05, 4.69) is 0 Å². The largest absolute Gasteiger partial charge is 0.453 e. The van der Waals surface area contributed by atoms with Crippen LogP contribution in [0.15, 0.2) is 0 Å². The fourth-order valence-electron chi connectivity index (χ4n) is 1.19. The van der Waals surface area contributed by atoms with Gasteiger partial charge in [-0.1, -0.05) is 6.92 Å². The smallest absolute Gasteiger partial charge is 0.393 e. The highest BCUT2D eigenvalue weighted by molar-refractivity contribution is 4.78. The summed E-state index contributed by atoms with van der Waals surface area (Å²) in [4.78, 5) is 0. The molecule has 0 heterocycles. The lowest BCUT2D eigenvalue weighted by Gasteiger charge is -2.29. The molecule has 0 rings (SSSR count). The van der Waals surface area contributed by atoms with Crippen LogP contribution in [0.1, 0.15) is 26.2 Å². The Morgan fingerprint density at radius 3 is 1.83 bits per heavy atom. The zero-order valence-corrected chi connectivity index (χ0v) is 9.94. The fourth-order valence-corrected chi connectivity index (χ4v) is 1.19. The monoisotopic (exact) mass is 280 g/mol. The van der Waals surface area contributed by atoms with E-state index in [1.54, 1.807) is 6.92 Å². The van der Waals surface area contributed by atoms with Crippen molar-refractivity contribution < 1.29 is 36.9 Å². The average molecular weight is 280 g/mol. The maximum Gasteiger partial charge on any atom is 0.453 e. The van der Waals surface area contributed by atoms with Crippen LogP contribution in [-0.4, -0.2) is 47.7 Å². The van der Waals surface area contributed by atoms with E-state index in [9.17, 15) is 22.0 Å². The highest BCUT2D eigenvalue weighted by Gasteiger charge is 2.56. The molecule has 2 N–H and O–H groups in total. The Morgan fingerprint density at radius 2 is 1.50 bits per heavy atom. The minimum atomic E-state index is -5.57. The molecule has 0 aromatic rings. The van der Waals surface area contributed by atoms with Gasteiger partial charge in [0.25, 0.3) is 0 Å². The standard InChI is InChI=1S/C10H17F5O3/c1-2-8(6-16,7-17)18-5-3-4-9(11,12)10(13,14)15/h16-17H,2-7H2,1H3. The van der Waals surface area contributed by atoms with Crippen molar-refractivity contribution in [3.8, 4) is 0 Å². The molecule has 0 saturated carbocycles. The van der Waals surface area contributed by atoms with Gasteiger partial charge in [0, 0.05) is 13.0 Å². The lowest BCUT2D eigenvalue weighted by molar-refractivity contribution is -0.285. The van der Waals surface area contributed by atoms with Crippen LogP contribution in [0, 0.1) is 0 Å². The van der Waals surface area contributed by atoms with E-state index < -0.39 is 43.8 Å². The summed E-state index contributed by atoms with van der Waals surface area (Å²) in [5.74, 6) is -4.75. The highest BCUT2D eigenvalue weighted by Crippen LogP contribution is 2.38. The van der Waals surface area contributed by atoms with E-state index in [0.29, 0.717) is 0 Å². The number of ether oxygens (including phenoxy) is 1. The summed E-state index contributed by atoms with van der Waals surface area (Å²) in [7, 11) is 0. The molecule has 0 amide bonds. The number of aliphatic hydroxyl groups is 2. The first kappa shape index (κ1) is 17.5. The number of alkyl halides is 5. The van der Waals surface area contributed by atoms with Crippen molar-refractivity contribution in [2.45, 2.75) is 43.9 Å². The average Bonchev–Trinajstić information content (AvgIpc) is 2.29. The van der Waals surface area contributed by atoms with E-state index in [1.807, 2.05) is 0 Å². The summed E-state index contributed by atoms with van der Waals surface area (Å²) < 4.78 is 65.5. The SMILES string of the molecule is CCC(CO)(CO)OCCCC(F)(F)C(F)(F)F. The Kier molecular flexibility index (Phi) is 6.45. The molecule has 0 unspecified atom stereocenters. The Bertz CT molecular complexity index is 226. The van der Waals surface area contributed by atoms with Gasteiger partial charge in [0.2, 0.25) is 0 Å². The van der Waals surface area contributed by atoms with Crippen LogP contribution in [0.5, 0.6) is 0 Å². The molecule has 0 aromatic carbocycles. The molecule has 8 heteroatoms. The van der Waals surface area contributed by atoms with Gasteiger partial charge in [-0.15, -0.1) is 0 Å². The Morgan fingerprint density at radius 1 is 1.00 bits per heavy atom. The molecule has 0 saturated heterocycles. The van der Waals surface area contributed by atoms with Crippen molar-refractivity contribution in [1.29, 1.82) is 0 Å². The van der Waals surface area contributed by atoms with E-state index in [0.717, 1.165) is 0 Å². The second-order valence-electron chi connectivity index (χ2n) is 4.01. The molecule has 0 bridgehead atoms. The van der Waals surface area contributed by atoms with E-state index >= 15 is 0 Å². The predicted octanol–water partition coefficient (Wildman–Crippen LogP) is 2.11. The second kappa shape index (κ2) is 6.63. The van der Waals surface area contributed by atoms with Gasteiger partial charge >= 0.3 is 12.1 Å².